The molecule has 0 fully saturated rings. The van der Waals surface area contributed by atoms with Gasteiger partial charge in [0.05, 0.1) is 6.61 Å². The number of unbranched alkanes of at least 4 members (excludes halogenated alkanes) is 4. The highest BCUT2D eigenvalue weighted by Gasteiger charge is 1.99. The number of thiocarbonyl (C=S) groups is 1. The summed E-state index contributed by atoms with van der Waals surface area (Å²) in [5, 5.41) is 0. The van der Waals surface area contributed by atoms with Gasteiger partial charge in [-0.1, -0.05) is 101 Å². The Morgan fingerprint density at radius 2 is 1.70 bits per heavy atom. The lowest BCUT2D eigenvalue weighted by Crippen LogP contribution is -1.97. The second-order valence-electron chi connectivity index (χ2n) is 6.98. The summed E-state index contributed by atoms with van der Waals surface area (Å²) in [5.74, 6) is 0.933. The molecule has 0 heterocycles. The molecule has 0 aliphatic rings. The highest BCUT2D eigenvalue weighted by atomic mass is 32.1. The Balaban J connectivity index is 1.86. The van der Waals surface area contributed by atoms with E-state index in [9.17, 15) is 0 Å². The molecule has 0 saturated heterocycles. The molecule has 0 atom stereocenters. The van der Waals surface area contributed by atoms with E-state index in [4.69, 9.17) is 17.0 Å². The summed E-state index contributed by atoms with van der Waals surface area (Å²) in [5.41, 5.74) is 3.58. The molecule has 0 spiro atoms. The van der Waals surface area contributed by atoms with Gasteiger partial charge in [-0.2, -0.15) is 0 Å². The Bertz CT molecular complexity index is 715. The van der Waals surface area contributed by atoms with E-state index in [1.807, 2.05) is 18.2 Å². The summed E-state index contributed by atoms with van der Waals surface area (Å²) in [6, 6.07) is 16.8. The van der Waals surface area contributed by atoms with Gasteiger partial charge in [-0.3, -0.25) is 0 Å². The molecular formula is C25H32OS. The monoisotopic (exact) mass is 380 g/mol. The predicted molar refractivity (Wildman–Crippen MR) is 122 cm³/mol. The summed E-state index contributed by atoms with van der Waals surface area (Å²) in [6.45, 7) is 5.23. The van der Waals surface area contributed by atoms with Crippen molar-refractivity contribution in [2.24, 2.45) is 0 Å². The quantitative estimate of drug-likeness (QED) is 0.164. The highest BCUT2D eigenvalue weighted by molar-refractivity contribution is 7.81. The van der Waals surface area contributed by atoms with Crippen LogP contribution in [0.5, 0.6) is 5.75 Å². The van der Waals surface area contributed by atoms with Crippen molar-refractivity contribution in [1.82, 2.24) is 0 Å². The first-order valence-corrected chi connectivity index (χ1v) is 10.7. The molecule has 0 aromatic heterocycles. The smallest absolute Gasteiger partial charge is 0.119 e. The first-order valence-electron chi connectivity index (χ1n) is 10.3. The number of benzene rings is 2. The normalized spacial score (nSPS) is 11.0. The van der Waals surface area contributed by atoms with Crippen molar-refractivity contribution in [1.29, 1.82) is 0 Å². The lowest BCUT2D eigenvalue weighted by molar-refractivity contribution is 0.304. The zero-order valence-electron chi connectivity index (χ0n) is 16.7. The summed E-state index contributed by atoms with van der Waals surface area (Å²) < 4.78 is 5.89. The van der Waals surface area contributed by atoms with E-state index in [1.54, 1.807) is 0 Å². The van der Waals surface area contributed by atoms with Gasteiger partial charge in [-0.05, 0) is 47.7 Å². The maximum Gasteiger partial charge on any atom is 0.119 e. The fraction of sp³-hybridized carbons (Fsp3) is 0.400. The molecule has 0 saturated carbocycles. The number of rotatable bonds is 12. The predicted octanol–water partition coefficient (Wildman–Crippen LogP) is 7.42. The van der Waals surface area contributed by atoms with Gasteiger partial charge in [-0.15, -0.1) is 0 Å². The fourth-order valence-corrected chi connectivity index (χ4v) is 3.20. The minimum absolute atomic E-state index is 0.791. The summed E-state index contributed by atoms with van der Waals surface area (Å²) >= 11 is 5.56. The van der Waals surface area contributed by atoms with Crippen LogP contribution in [0.3, 0.4) is 0 Å². The molecule has 27 heavy (non-hydrogen) atoms. The number of hydrogen-bond acceptors (Lipinski definition) is 2. The Kier molecular flexibility index (Phi) is 9.86. The van der Waals surface area contributed by atoms with Crippen molar-refractivity contribution in [3.05, 3.63) is 71.3 Å². The molecule has 2 aromatic carbocycles. The van der Waals surface area contributed by atoms with Gasteiger partial charge in [0.2, 0.25) is 0 Å². The molecule has 0 aliphatic carbocycles. The summed E-state index contributed by atoms with van der Waals surface area (Å²) in [4.78, 5) is 0.861. The molecule has 2 rings (SSSR count). The minimum atomic E-state index is 0.791. The Hall–Kier alpha value is -1.93. The Morgan fingerprint density at radius 3 is 2.44 bits per heavy atom. The molecule has 0 unspecified atom stereocenters. The van der Waals surface area contributed by atoms with Gasteiger partial charge >= 0.3 is 0 Å². The molecule has 0 amide bonds. The van der Waals surface area contributed by atoms with Gasteiger partial charge in [0.25, 0.3) is 0 Å². The van der Waals surface area contributed by atoms with Crippen molar-refractivity contribution in [2.45, 2.75) is 58.8 Å². The number of ether oxygens (including phenoxy) is 1. The third-order valence-electron chi connectivity index (χ3n) is 4.58. The van der Waals surface area contributed by atoms with Crippen LogP contribution in [0.4, 0.5) is 0 Å². The molecule has 0 bridgehead atoms. The molecule has 2 heteroatoms. The first-order chi connectivity index (χ1) is 13.2. The Morgan fingerprint density at radius 1 is 0.926 bits per heavy atom. The van der Waals surface area contributed by atoms with Gasteiger partial charge in [0, 0.05) is 4.86 Å². The van der Waals surface area contributed by atoms with E-state index in [0.29, 0.717) is 0 Å². The highest BCUT2D eigenvalue weighted by Crippen LogP contribution is 2.16. The topological polar surface area (TPSA) is 9.23 Å². The standard InChI is InChI=1S/C25H32OS/c1-3-5-6-7-8-19-26-24-12-9-11-22(20-24)15-18-25(27)23-16-13-21(10-4-2)14-17-23/h9,11-18,20H,3-8,10,19H2,1-2H3. The van der Waals surface area contributed by atoms with Crippen LogP contribution in [-0.2, 0) is 6.42 Å². The van der Waals surface area contributed by atoms with E-state index in [2.05, 4.69) is 56.3 Å². The van der Waals surface area contributed by atoms with Crippen LogP contribution in [0.2, 0.25) is 0 Å². The van der Waals surface area contributed by atoms with E-state index in [0.717, 1.165) is 41.2 Å². The van der Waals surface area contributed by atoms with E-state index >= 15 is 0 Å². The van der Waals surface area contributed by atoms with E-state index < -0.39 is 0 Å². The third-order valence-corrected chi connectivity index (χ3v) is 4.95. The largest absolute Gasteiger partial charge is 0.494 e. The van der Waals surface area contributed by atoms with Crippen molar-refractivity contribution in [3.8, 4) is 5.75 Å². The molecule has 0 radical (unpaired) electrons. The molecule has 2 aromatic rings. The molecule has 0 N–H and O–H groups in total. The summed E-state index contributed by atoms with van der Waals surface area (Å²) in [6.07, 6.45) is 12.6. The van der Waals surface area contributed by atoms with Crippen LogP contribution >= 0.6 is 12.2 Å². The lowest BCUT2D eigenvalue weighted by Gasteiger charge is -2.07. The van der Waals surface area contributed by atoms with E-state index in [-0.39, 0.29) is 0 Å². The van der Waals surface area contributed by atoms with E-state index in [1.165, 1.54) is 37.7 Å². The molecule has 0 aliphatic heterocycles. The number of hydrogen-bond donors (Lipinski definition) is 0. The fourth-order valence-electron chi connectivity index (χ4n) is 3.00. The van der Waals surface area contributed by atoms with Crippen molar-refractivity contribution >= 4 is 23.2 Å². The molecule has 144 valence electrons. The first kappa shape index (κ1) is 21.4. The maximum absolute atomic E-state index is 5.89. The van der Waals surface area contributed by atoms with Crippen LogP contribution in [0.15, 0.2) is 54.6 Å². The van der Waals surface area contributed by atoms with Gasteiger partial charge in [0.15, 0.2) is 0 Å². The zero-order valence-corrected chi connectivity index (χ0v) is 17.6. The van der Waals surface area contributed by atoms with Crippen LogP contribution in [0.25, 0.3) is 6.08 Å². The van der Waals surface area contributed by atoms with Crippen LogP contribution in [0.1, 0.15) is 69.1 Å². The third kappa shape index (κ3) is 8.09. The lowest BCUT2D eigenvalue weighted by atomic mass is 10.1. The SMILES string of the molecule is CCCCCCCOc1cccc(C=CC(=S)c2ccc(CCC)cc2)c1. The second-order valence-corrected chi connectivity index (χ2v) is 7.42. The van der Waals surface area contributed by atoms with Crippen LogP contribution in [-0.4, -0.2) is 11.5 Å². The number of aryl methyl sites for hydroxylation is 1. The second kappa shape index (κ2) is 12.5. The average Bonchev–Trinajstić information content (AvgIpc) is 2.70. The van der Waals surface area contributed by atoms with Gasteiger partial charge in [0.1, 0.15) is 5.75 Å². The minimum Gasteiger partial charge on any atom is -0.494 e. The van der Waals surface area contributed by atoms with Crippen LogP contribution < -0.4 is 4.74 Å². The molecular weight excluding hydrogens is 348 g/mol. The zero-order chi connectivity index (χ0) is 19.3. The maximum atomic E-state index is 5.89. The van der Waals surface area contributed by atoms with Gasteiger partial charge in [-0.25, -0.2) is 0 Å². The molecule has 1 nitrogen and oxygen atoms in total. The van der Waals surface area contributed by atoms with Gasteiger partial charge < -0.3 is 4.74 Å². The van der Waals surface area contributed by atoms with Crippen molar-refractivity contribution in [2.75, 3.05) is 6.61 Å². The number of allylic oxidation sites excluding steroid dienone is 1. The van der Waals surface area contributed by atoms with Crippen LogP contribution in [0, 0.1) is 0 Å². The van der Waals surface area contributed by atoms with Crippen molar-refractivity contribution < 1.29 is 4.74 Å². The van der Waals surface area contributed by atoms with Crippen molar-refractivity contribution in [3.63, 3.8) is 0 Å². The Labute approximate surface area is 170 Å². The summed E-state index contributed by atoms with van der Waals surface area (Å²) in [7, 11) is 0. The average molecular weight is 381 g/mol.